The third-order valence-corrected chi connectivity index (χ3v) is 6.32. The average Bonchev–Trinajstić information content (AvgIpc) is 3.19. The summed E-state index contributed by atoms with van der Waals surface area (Å²) in [5, 5.41) is 11.0. The number of thiazole rings is 1. The molecule has 1 fully saturated rings. The highest BCUT2D eigenvalue weighted by atomic mass is 32.1. The summed E-state index contributed by atoms with van der Waals surface area (Å²) in [6, 6.07) is 3.89. The predicted octanol–water partition coefficient (Wildman–Crippen LogP) is 3.59. The van der Waals surface area contributed by atoms with Crippen LogP contribution in [0, 0.1) is 6.92 Å². The number of carbonyl (C=O) groups excluding carboxylic acids is 2. The number of hydrogen-bond acceptors (Lipinski definition) is 5. The lowest BCUT2D eigenvalue weighted by atomic mass is 9.98. The van der Waals surface area contributed by atoms with Crippen molar-refractivity contribution in [3.05, 3.63) is 51.5 Å². The van der Waals surface area contributed by atoms with E-state index in [-0.39, 0.29) is 37.4 Å². The summed E-state index contributed by atoms with van der Waals surface area (Å²) < 4.78 is 79.5. The number of carbonyl (C=O) groups is 2. The van der Waals surface area contributed by atoms with Crippen LogP contribution in [0.5, 0.6) is 0 Å². The van der Waals surface area contributed by atoms with Crippen LogP contribution < -0.4 is 0 Å². The first-order chi connectivity index (χ1) is 15.2. The molecule has 33 heavy (non-hydrogen) atoms. The monoisotopic (exact) mass is 495 g/mol. The van der Waals surface area contributed by atoms with Gasteiger partial charge in [0.2, 0.25) is 11.5 Å². The number of aromatic nitrogens is 1. The minimum Gasteiger partial charge on any atom is -0.374 e. The van der Waals surface area contributed by atoms with Crippen molar-refractivity contribution < 1.29 is 41.0 Å². The molecule has 1 atom stereocenters. The van der Waals surface area contributed by atoms with Crippen molar-refractivity contribution in [2.45, 2.75) is 31.3 Å². The molecule has 1 N–H and O–H groups in total. The second kappa shape index (κ2) is 8.93. The van der Waals surface area contributed by atoms with E-state index >= 15 is 0 Å². The second-order valence-corrected chi connectivity index (χ2v) is 8.44. The van der Waals surface area contributed by atoms with Gasteiger partial charge in [0.1, 0.15) is 5.01 Å². The molecule has 0 bridgehead atoms. The fourth-order valence-electron chi connectivity index (χ4n) is 3.34. The van der Waals surface area contributed by atoms with Crippen molar-refractivity contribution >= 4 is 23.2 Å². The summed E-state index contributed by atoms with van der Waals surface area (Å²) in [5.41, 5.74) is -4.35. The summed E-state index contributed by atoms with van der Waals surface area (Å²) in [4.78, 5) is 31.1. The largest absolute Gasteiger partial charge is 0.424 e. The Morgan fingerprint density at radius 2 is 1.67 bits per heavy atom. The molecular weight excluding hydrogens is 476 g/mol. The first kappa shape index (κ1) is 25.0. The van der Waals surface area contributed by atoms with Gasteiger partial charge in [-0.15, -0.1) is 11.3 Å². The third-order valence-electron chi connectivity index (χ3n) is 5.21. The molecule has 1 aromatic heterocycles. The molecule has 1 aromatic carbocycles. The maximum Gasteiger partial charge on any atom is 0.424 e. The van der Waals surface area contributed by atoms with Crippen LogP contribution in [0.4, 0.5) is 26.3 Å². The van der Waals surface area contributed by atoms with Gasteiger partial charge >= 0.3 is 12.4 Å². The fraction of sp³-hybridized carbons (Fsp3) is 0.450. The van der Waals surface area contributed by atoms with Crippen LogP contribution in [0.1, 0.15) is 33.0 Å². The molecule has 3 rings (SSSR count). The molecule has 1 aliphatic rings. The minimum atomic E-state index is -5.14. The number of halogens is 6. The average molecular weight is 495 g/mol. The Morgan fingerprint density at radius 3 is 2.18 bits per heavy atom. The number of benzene rings is 1. The number of rotatable bonds is 4. The molecule has 180 valence electrons. The lowest BCUT2D eigenvalue weighted by Gasteiger charge is -2.37. The van der Waals surface area contributed by atoms with Gasteiger partial charge in [-0.05, 0) is 25.1 Å². The Labute approximate surface area is 188 Å². The van der Waals surface area contributed by atoms with Gasteiger partial charge in [-0.25, -0.2) is 4.98 Å². The zero-order valence-electron chi connectivity index (χ0n) is 17.2. The van der Waals surface area contributed by atoms with Gasteiger partial charge in [0, 0.05) is 42.8 Å². The number of hydrogen-bond donors (Lipinski definition) is 1. The summed E-state index contributed by atoms with van der Waals surface area (Å²) in [7, 11) is 0. The number of alkyl halides is 6. The Balaban J connectivity index is 1.67. The first-order valence-electron chi connectivity index (χ1n) is 9.68. The van der Waals surface area contributed by atoms with Crippen LogP contribution in [-0.4, -0.2) is 64.1 Å². The normalized spacial score (nSPS) is 17.1. The molecule has 2 heterocycles. The quantitative estimate of drug-likeness (QED) is 0.658. The van der Waals surface area contributed by atoms with Crippen molar-refractivity contribution in [2.24, 2.45) is 0 Å². The number of piperazine rings is 1. The van der Waals surface area contributed by atoms with Gasteiger partial charge in [-0.3, -0.25) is 9.59 Å². The summed E-state index contributed by atoms with van der Waals surface area (Å²) in [5.74, 6) is -1.66. The lowest BCUT2D eigenvalue weighted by Crippen LogP contribution is -2.53. The second-order valence-electron chi connectivity index (χ2n) is 7.58. The zero-order valence-corrected chi connectivity index (χ0v) is 18.0. The van der Waals surface area contributed by atoms with Crippen LogP contribution in [0.2, 0.25) is 0 Å². The number of nitrogens with zero attached hydrogens (tertiary/aromatic N) is 3. The molecule has 0 saturated carbocycles. The van der Waals surface area contributed by atoms with Crippen molar-refractivity contribution in [3.8, 4) is 0 Å². The van der Waals surface area contributed by atoms with Gasteiger partial charge < -0.3 is 14.9 Å². The number of amides is 2. The molecule has 0 radical (unpaired) electrons. The van der Waals surface area contributed by atoms with Gasteiger partial charge in [0.05, 0.1) is 12.0 Å². The van der Waals surface area contributed by atoms with E-state index in [0.29, 0.717) is 11.3 Å². The highest BCUT2D eigenvalue weighted by Crippen LogP contribution is 2.43. The van der Waals surface area contributed by atoms with E-state index in [0.717, 1.165) is 23.1 Å². The van der Waals surface area contributed by atoms with Crippen LogP contribution in [-0.2, 0) is 16.6 Å². The first-order valence-corrected chi connectivity index (χ1v) is 10.6. The van der Waals surface area contributed by atoms with Crippen molar-refractivity contribution in [1.82, 2.24) is 14.8 Å². The smallest absolute Gasteiger partial charge is 0.374 e. The molecule has 2 aromatic rings. The lowest BCUT2D eigenvalue weighted by molar-refractivity contribution is -0.268. The fourth-order valence-corrected chi connectivity index (χ4v) is 4.26. The van der Waals surface area contributed by atoms with E-state index < -0.39 is 46.8 Å². The number of aryl methyl sites for hydroxylation is 1. The summed E-state index contributed by atoms with van der Waals surface area (Å²) in [6.45, 7) is 1.03. The molecular formula is C20H19F6N3O3S. The van der Waals surface area contributed by atoms with Crippen LogP contribution >= 0.6 is 11.3 Å². The zero-order chi connectivity index (χ0) is 24.6. The Bertz CT molecular complexity index is 1030. The van der Waals surface area contributed by atoms with Crippen LogP contribution in [0.25, 0.3) is 0 Å². The Morgan fingerprint density at radius 1 is 1.06 bits per heavy atom. The molecule has 2 amide bonds. The van der Waals surface area contributed by atoms with E-state index in [1.807, 2.05) is 0 Å². The van der Waals surface area contributed by atoms with E-state index in [1.54, 1.807) is 0 Å². The molecule has 1 saturated heterocycles. The van der Waals surface area contributed by atoms with Gasteiger partial charge in [0.25, 0.3) is 5.91 Å². The number of aliphatic hydroxyl groups is 1. The van der Waals surface area contributed by atoms with Gasteiger partial charge in [-0.1, -0.05) is 6.07 Å². The summed E-state index contributed by atoms with van der Waals surface area (Å²) in [6.07, 6.45) is -11.0. The molecule has 13 heteroatoms. The van der Waals surface area contributed by atoms with Crippen molar-refractivity contribution in [2.75, 3.05) is 26.2 Å². The van der Waals surface area contributed by atoms with E-state index in [9.17, 15) is 41.0 Å². The van der Waals surface area contributed by atoms with Crippen LogP contribution in [0.15, 0.2) is 29.6 Å². The topological polar surface area (TPSA) is 73.7 Å². The van der Waals surface area contributed by atoms with Crippen molar-refractivity contribution in [1.29, 1.82) is 0 Å². The maximum absolute atomic E-state index is 13.6. The van der Waals surface area contributed by atoms with Gasteiger partial charge in [0.15, 0.2) is 0 Å². The van der Waals surface area contributed by atoms with Crippen molar-refractivity contribution in [3.63, 3.8) is 0 Å². The Hall–Kier alpha value is -2.67. The Kier molecular flexibility index (Phi) is 6.76. The maximum atomic E-state index is 13.6. The molecule has 1 aliphatic heterocycles. The molecule has 0 aliphatic carbocycles. The predicted molar refractivity (Wildman–Crippen MR) is 105 cm³/mol. The highest BCUT2D eigenvalue weighted by molar-refractivity contribution is 7.09. The van der Waals surface area contributed by atoms with Gasteiger partial charge in [-0.2, -0.15) is 26.3 Å². The van der Waals surface area contributed by atoms with E-state index in [4.69, 9.17) is 0 Å². The molecule has 1 unspecified atom stereocenters. The van der Waals surface area contributed by atoms with Crippen LogP contribution in [0.3, 0.4) is 0 Å². The summed E-state index contributed by atoms with van der Waals surface area (Å²) >= 11 is 0.592. The highest BCUT2D eigenvalue weighted by Gasteiger charge is 2.58. The third kappa shape index (κ3) is 5.29. The molecule has 0 spiro atoms. The SMILES string of the molecule is Cc1csc(C(O)(CC(=O)N2CCN(C(=O)c3cccc(C(F)(F)F)c3)CC2)C(F)(F)F)n1. The standard InChI is InChI=1S/C20H19F6N3O3S/c1-12-11-33-17(27-12)18(32,20(24,25)26)10-15(30)28-5-7-29(8-6-28)16(31)13-3-2-4-14(9-13)19(21,22)23/h2-4,9,11,32H,5-8,10H2,1H3. The molecule has 6 nitrogen and oxygen atoms in total. The van der Waals surface area contributed by atoms with E-state index in [2.05, 4.69) is 4.98 Å². The minimum absolute atomic E-state index is 0.0817. The van der Waals surface area contributed by atoms with E-state index in [1.165, 1.54) is 23.3 Å².